The summed E-state index contributed by atoms with van der Waals surface area (Å²) in [5.41, 5.74) is 1.67. The van der Waals surface area contributed by atoms with Gasteiger partial charge < -0.3 is 9.52 Å². The number of aromatic nitrogens is 2. The lowest BCUT2D eigenvalue weighted by Crippen LogP contribution is -2.24. The van der Waals surface area contributed by atoms with E-state index < -0.39 is 10.0 Å². The van der Waals surface area contributed by atoms with E-state index in [4.69, 9.17) is 9.52 Å². The molecule has 8 heteroatoms. The van der Waals surface area contributed by atoms with Crippen molar-refractivity contribution in [2.24, 2.45) is 0 Å². The normalized spacial score (nSPS) is 11.9. The zero-order chi connectivity index (χ0) is 14.8. The molecule has 0 aromatic carbocycles. The van der Waals surface area contributed by atoms with Crippen molar-refractivity contribution in [2.45, 2.75) is 31.8 Å². The molecule has 0 saturated carbocycles. The number of nitrogens with one attached hydrogen (secondary N) is 1. The fraction of sp³-hybridized carbons (Fsp3) is 0.417. The van der Waals surface area contributed by atoms with Gasteiger partial charge in [0.1, 0.15) is 4.90 Å². The van der Waals surface area contributed by atoms with E-state index >= 15 is 0 Å². The summed E-state index contributed by atoms with van der Waals surface area (Å²) in [6, 6.07) is 1.69. The topological polar surface area (TPSA) is 97.4 Å². The summed E-state index contributed by atoms with van der Waals surface area (Å²) in [6.07, 6.45) is 2.97. The van der Waals surface area contributed by atoms with Gasteiger partial charge in [-0.1, -0.05) is 0 Å². The van der Waals surface area contributed by atoms with Crippen LogP contribution in [0.3, 0.4) is 0 Å². The molecule has 2 rings (SSSR count). The summed E-state index contributed by atoms with van der Waals surface area (Å²) < 4.78 is 33.5. The zero-order valence-corrected chi connectivity index (χ0v) is 12.1. The number of nitrogens with zero attached hydrogens (tertiary/aromatic N) is 2. The molecule has 0 aliphatic rings. The SMILES string of the molecule is Cc1nn(CCO)c(C)c1S(=O)(=O)NCc1ccoc1. The number of rotatable bonds is 6. The second-order valence-corrected chi connectivity index (χ2v) is 6.11. The lowest BCUT2D eigenvalue weighted by Gasteiger charge is -2.06. The number of furan rings is 1. The van der Waals surface area contributed by atoms with Gasteiger partial charge in [0, 0.05) is 12.1 Å². The Morgan fingerprint density at radius 3 is 2.80 bits per heavy atom. The number of sulfonamides is 1. The van der Waals surface area contributed by atoms with Gasteiger partial charge in [-0.3, -0.25) is 4.68 Å². The summed E-state index contributed by atoms with van der Waals surface area (Å²) in [6.45, 7) is 3.63. The smallest absolute Gasteiger partial charge is 0.244 e. The largest absolute Gasteiger partial charge is 0.472 e. The van der Waals surface area contributed by atoms with Crippen molar-refractivity contribution < 1.29 is 17.9 Å². The average molecular weight is 299 g/mol. The van der Waals surface area contributed by atoms with Crippen molar-refractivity contribution in [3.63, 3.8) is 0 Å². The standard InChI is InChI=1S/C12H17N3O4S/c1-9-12(10(2)15(14-9)4-5-16)20(17,18)13-7-11-3-6-19-8-11/h3,6,8,13,16H,4-5,7H2,1-2H3. The number of hydrogen-bond donors (Lipinski definition) is 2. The highest BCUT2D eigenvalue weighted by Crippen LogP contribution is 2.19. The molecule has 2 aromatic heterocycles. The maximum Gasteiger partial charge on any atom is 0.244 e. The second-order valence-electron chi connectivity index (χ2n) is 4.40. The van der Waals surface area contributed by atoms with Gasteiger partial charge in [0.15, 0.2) is 0 Å². The molecule has 0 spiro atoms. The van der Waals surface area contributed by atoms with Crippen LogP contribution in [0.15, 0.2) is 27.9 Å². The Bertz CT molecular complexity index is 674. The first-order valence-electron chi connectivity index (χ1n) is 6.11. The van der Waals surface area contributed by atoms with Crippen LogP contribution in [0.25, 0.3) is 0 Å². The van der Waals surface area contributed by atoms with E-state index in [0.717, 1.165) is 5.56 Å². The van der Waals surface area contributed by atoms with Crippen molar-refractivity contribution in [3.05, 3.63) is 35.5 Å². The highest BCUT2D eigenvalue weighted by atomic mass is 32.2. The summed E-state index contributed by atoms with van der Waals surface area (Å²) in [5.74, 6) is 0. The molecule has 2 heterocycles. The van der Waals surface area contributed by atoms with Crippen molar-refractivity contribution >= 4 is 10.0 Å². The lowest BCUT2D eigenvalue weighted by atomic mass is 10.4. The van der Waals surface area contributed by atoms with Crippen LogP contribution in [-0.4, -0.2) is 29.9 Å². The van der Waals surface area contributed by atoms with E-state index in [9.17, 15) is 8.42 Å². The van der Waals surface area contributed by atoms with Gasteiger partial charge in [-0.15, -0.1) is 0 Å². The molecule has 0 aliphatic carbocycles. The summed E-state index contributed by atoms with van der Waals surface area (Å²) in [5, 5.41) is 13.1. The van der Waals surface area contributed by atoms with Crippen LogP contribution < -0.4 is 4.72 Å². The molecule has 0 aliphatic heterocycles. The Kier molecular flexibility index (Phi) is 4.26. The van der Waals surface area contributed by atoms with Crippen LogP contribution in [0, 0.1) is 13.8 Å². The van der Waals surface area contributed by atoms with Crippen LogP contribution in [0.5, 0.6) is 0 Å². The van der Waals surface area contributed by atoms with Gasteiger partial charge in [0.2, 0.25) is 10.0 Å². The molecule has 2 N–H and O–H groups in total. The molecule has 7 nitrogen and oxygen atoms in total. The zero-order valence-electron chi connectivity index (χ0n) is 11.3. The van der Waals surface area contributed by atoms with Crippen LogP contribution >= 0.6 is 0 Å². The van der Waals surface area contributed by atoms with Gasteiger partial charge in [-0.2, -0.15) is 5.10 Å². The van der Waals surface area contributed by atoms with Gasteiger partial charge >= 0.3 is 0 Å². The van der Waals surface area contributed by atoms with Crippen LogP contribution in [0.4, 0.5) is 0 Å². The third-order valence-electron chi connectivity index (χ3n) is 2.94. The van der Waals surface area contributed by atoms with Gasteiger partial charge in [0.05, 0.1) is 37.1 Å². The third-order valence-corrected chi connectivity index (χ3v) is 4.59. The molecular formula is C12H17N3O4S. The molecule has 0 saturated heterocycles. The molecular weight excluding hydrogens is 282 g/mol. The van der Waals surface area contributed by atoms with Crippen molar-refractivity contribution in [2.75, 3.05) is 6.61 Å². The van der Waals surface area contributed by atoms with E-state index in [1.807, 2.05) is 0 Å². The fourth-order valence-electron chi connectivity index (χ4n) is 2.03. The minimum atomic E-state index is -3.65. The van der Waals surface area contributed by atoms with Crippen LogP contribution in [0.2, 0.25) is 0 Å². The molecule has 0 amide bonds. The molecule has 0 bridgehead atoms. The fourth-order valence-corrected chi connectivity index (χ4v) is 3.45. The first-order chi connectivity index (χ1) is 9.45. The van der Waals surface area contributed by atoms with E-state index in [1.165, 1.54) is 17.2 Å². The Morgan fingerprint density at radius 2 is 2.20 bits per heavy atom. The minimum Gasteiger partial charge on any atom is -0.472 e. The second kappa shape index (κ2) is 5.78. The molecule has 0 radical (unpaired) electrons. The average Bonchev–Trinajstić information content (AvgIpc) is 2.97. The van der Waals surface area contributed by atoms with E-state index in [1.54, 1.807) is 19.9 Å². The molecule has 0 atom stereocenters. The van der Waals surface area contributed by atoms with Crippen LogP contribution in [0.1, 0.15) is 17.0 Å². The molecule has 2 aromatic rings. The first kappa shape index (κ1) is 14.8. The molecule has 20 heavy (non-hydrogen) atoms. The van der Waals surface area contributed by atoms with Crippen molar-refractivity contribution in [1.82, 2.24) is 14.5 Å². The monoisotopic (exact) mass is 299 g/mol. The summed E-state index contributed by atoms with van der Waals surface area (Å²) in [4.78, 5) is 0.162. The quantitative estimate of drug-likeness (QED) is 0.812. The predicted octanol–water partition coefficient (Wildman–Crippen LogP) is 0.564. The van der Waals surface area contributed by atoms with Gasteiger partial charge in [-0.05, 0) is 19.9 Å². The number of aliphatic hydroxyl groups is 1. The van der Waals surface area contributed by atoms with Gasteiger partial charge in [-0.25, -0.2) is 13.1 Å². The summed E-state index contributed by atoms with van der Waals surface area (Å²) in [7, 11) is -3.65. The highest BCUT2D eigenvalue weighted by Gasteiger charge is 2.24. The maximum absolute atomic E-state index is 12.3. The number of hydrogen-bond acceptors (Lipinski definition) is 5. The predicted molar refractivity (Wildman–Crippen MR) is 71.5 cm³/mol. The Hall–Kier alpha value is -1.64. The molecule has 0 unspecified atom stereocenters. The van der Waals surface area contributed by atoms with Gasteiger partial charge in [0.25, 0.3) is 0 Å². The summed E-state index contributed by atoms with van der Waals surface area (Å²) >= 11 is 0. The molecule has 0 fully saturated rings. The first-order valence-corrected chi connectivity index (χ1v) is 7.59. The minimum absolute atomic E-state index is 0.0934. The number of aliphatic hydroxyl groups excluding tert-OH is 1. The van der Waals surface area contributed by atoms with Crippen molar-refractivity contribution in [3.8, 4) is 0 Å². The van der Waals surface area contributed by atoms with E-state index in [-0.39, 0.29) is 24.6 Å². The Morgan fingerprint density at radius 1 is 1.45 bits per heavy atom. The Labute approximate surface area is 117 Å². The van der Waals surface area contributed by atoms with Crippen LogP contribution in [-0.2, 0) is 23.1 Å². The maximum atomic E-state index is 12.3. The lowest BCUT2D eigenvalue weighted by molar-refractivity contribution is 0.267. The molecule has 110 valence electrons. The number of aryl methyl sites for hydroxylation is 1. The van der Waals surface area contributed by atoms with Crippen molar-refractivity contribution in [1.29, 1.82) is 0 Å². The van der Waals surface area contributed by atoms with E-state index in [2.05, 4.69) is 9.82 Å². The third kappa shape index (κ3) is 2.92. The Balaban J connectivity index is 2.25. The van der Waals surface area contributed by atoms with E-state index in [0.29, 0.717) is 11.4 Å². The highest BCUT2D eigenvalue weighted by molar-refractivity contribution is 7.89.